The van der Waals surface area contributed by atoms with Crippen LogP contribution in [0, 0.1) is 17.0 Å². The van der Waals surface area contributed by atoms with Crippen molar-refractivity contribution in [3.8, 4) is 0 Å². The second kappa shape index (κ2) is 6.07. The summed E-state index contributed by atoms with van der Waals surface area (Å²) in [6, 6.07) is 2.75. The van der Waals surface area contributed by atoms with E-state index in [4.69, 9.17) is 10.9 Å². The van der Waals surface area contributed by atoms with E-state index in [0.717, 1.165) is 37.5 Å². The molecule has 1 amide bonds. The van der Waals surface area contributed by atoms with Gasteiger partial charge >= 0.3 is 0 Å². The molecule has 0 saturated heterocycles. The molecule has 5 nitrogen and oxygen atoms in total. The van der Waals surface area contributed by atoms with Gasteiger partial charge in [0.2, 0.25) is 5.91 Å². The highest BCUT2D eigenvalue weighted by molar-refractivity contribution is 6.11. The lowest BCUT2D eigenvalue weighted by atomic mass is 9.72. The lowest BCUT2D eigenvalue weighted by molar-refractivity contribution is -0.123. The second-order valence-corrected chi connectivity index (χ2v) is 5.24. The fraction of sp³-hybridized carbons (Fsp3) is 0.429. The third-order valence-corrected chi connectivity index (χ3v) is 3.86. The van der Waals surface area contributed by atoms with Crippen LogP contribution < -0.4 is 11.1 Å². The molecule has 2 rings (SSSR count). The summed E-state index contributed by atoms with van der Waals surface area (Å²) < 4.78 is 26.3. The van der Waals surface area contributed by atoms with E-state index in [1.807, 2.05) is 0 Å². The van der Waals surface area contributed by atoms with E-state index in [1.165, 1.54) is 0 Å². The van der Waals surface area contributed by atoms with Crippen LogP contribution in [0.1, 0.15) is 32.1 Å². The highest BCUT2D eigenvalue weighted by atomic mass is 19.1. The van der Waals surface area contributed by atoms with Gasteiger partial charge in [0.1, 0.15) is 17.0 Å². The molecule has 0 bridgehead atoms. The Hall–Kier alpha value is -2.18. The third-order valence-electron chi connectivity index (χ3n) is 3.86. The normalized spacial score (nSPS) is 18.3. The number of oxime groups is 1. The summed E-state index contributed by atoms with van der Waals surface area (Å²) in [4.78, 5) is 12.5. The van der Waals surface area contributed by atoms with Crippen molar-refractivity contribution in [2.75, 3.05) is 5.32 Å². The first-order valence-electron chi connectivity index (χ1n) is 6.73. The average Bonchev–Trinajstić information content (AvgIpc) is 2.46. The number of benzene rings is 1. The summed E-state index contributed by atoms with van der Waals surface area (Å²) in [7, 11) is 0. The molecular formula is C14H17F2N3O2. The summed E-state index contributed by atoms with van der Waals surface area (Å²) in [5.41, 5.74) is 4.57. The van der Waals surface area contributed by atoms with Crippen molar-refractivity contribution in [2.45, 2.75) is 32.1 Å². The van der Waals surface area contributed by atoms with Gasteiger partial charge in [-0.25, -0.2) is 8.78 Å². The van der Waals surface area contributed by atoms with E-state index < -0.39 is 23.0 Å². The molecule has 114 valence electrons. The first kappa shape index (κ1) is 15.2. The van der Waals surface area contributed by atoms with Gasteiger partial charge in [-0.1, -0.05) is 24.4 Å². The van der Waals surface area contributed by atoms with Crippen LogP contribution in [0.3, 0.4) is 0 Å². The van der Waals surface area contributed by atoms with Gasteiger partial charge in [0, 0.05) is 11.8 Å². The van der Waals surface area contributed by atoms with E-state index in [9.17, 15) is 13.6 Å². The van der Waals surface area contributed by atoms with Gasteiger partial charge < -0.3 is 16.3 Å². The standard InChI is InChI=1S/C14H17F2N3O2/c15-9-6-10(16)8-11(7-9)18-13(20)14(12(17)19-21)4-2-1-3-5-14/h6-8,21H,1-5H2,(H2,17,19)(H,18,20). The molecule has 1 aromatic rings. The number of amidine groups is 1. The smallest absolute Gasteiger partial charge is 0.238 e. The highest BCUT2D eigenvalue weighted by Gasteiger charge is 2.43. The summed E-state index contributed by atoms with van der Waals surface area (Å²) in [6.45, 7) is 0. The Morgan fingerprint density at radius 2 is 1.76 bits per heavy atom. The fourth-order valence-electron chi connectivity index (χ4n) is 2.73. The first-order valence-corrected chi connectivity index (χ1v) is 6.73. The van der Waals surface area contributed by atoms with Crippen molar-refractivity contribution in [2.24, 2.45) is 16.3 Å². The number of nitrogens with two attached hydrogens (primary N) is 1. The highest BCUT2D eigenvalue weighted by Crippen LogP contribution is 2.37. The fourth-order valence-corrected chi connectivity index (χ4v) is 2.73. The van der Waals surface area contributed by atoms with Crippen LogP contribution in [-0.2, 0) is 4.79 Å². The summed E-state index contributed by atoms with van der Waals surface area (Å²) in [6.07, 6.45) is 3.36. The molecule has 1 saturated carbocycles. The van der Waals surface area contributed by atoms with Crippen LogP contribution in [0.15, 0.2) is 23.4 Å². The van der Waals surface area contributed by atoms with Crippen LogP contribution in [0.25, 0.3) is 0 Å². The Morgan fingerprint density at radius 1 is 1.19 bits per heavy atom. The molecule has 0 unspecified atom stereocenters. The van der Waals surface area contributed by atoms with Gasteiger partial charge in [-0.3, -0.25) is 4.79 Å². The molecule has 1 aliphatic rings. The van der Waals surface area contributed by atoms with E-state index >= 15 is 0 Å². The minimum absolute atomic E-state index is 0.00758. The zero-order valence-electron chi connectivity index (χ0n) is 11.4. The molecule has 7 heteroatoms. The van der Waals surface area contributed by atoms with Crippen molar-refractivity contribution in [3.63, 3.8) is 0 Å². The molecule has 0 aromatic heterocycles. The van der Waals surface area contributed by atoms with Gasteiger partial charge in [-0.2, -0.15) is 0 Å². The molecule has 1 aliphatic carbocycles. The number of carbonyl (C=O) groups excluding carboxylic acids is 1. The van der Waals surface area contributed by atoms with Gasteiger partial charge in [0.05, 0.1) is 0 Å². The number of hydrogen-bond acceptors (Lipinski definition) is 3. The second-order valence-electron chi connectivity index (χ2n) is 5.24. The Morgan fingerprint density at radius 3 is 2.29 bits per heavy atom. The predicted octanol–water partition coefficient (Wildman–Crippen LogP) is 2.60. The summed E-state index contributed by atoms with van der Waals surface area (Å²) in [5, 5.41) is 14.3. The van der Waals surface area contributed by atoms with Crippen LogP contribution >= 0.6 is 0 Å². The number of rotatable bonds is 3. The van der Waals surface area contributed by atoms with Crippen molar-refractivity contribution in [1.82, 2.24) is 0 Å². The van der Waals surface area contributed by atoms with Crippen molar-refractivity contribution >= 4 is 17.4 Å². The molecule has 0 aliphatic heterocycles. The van der Waals surface area contributed by atoms with Crippen LogP contribution in [0.4, 0.5) is 14.5 Å². The lowest BCUT2D eigenvalue weighted by Crippen LogP contribution is -2.48. The van der Waals surface area contributed by atoms with Crippen LogP contribution in [0.2, 0.25) is 0 Å². The number of anilines is 1. The first-order chi connectivity index (χ1) is 9.98. The molecule has 0 atom stereocenters. The van der Waals surface area contributed by atoms with E-state index in [0.29, 0.717) is 12.8 Å². The Balaban J connectivity index is 2.26. The Bertz CT molecular complexity index is 549. The van der Waals surface area contributed by atoms with Gasteiger partial charge in [-0.05, 0) is 25.0 Å². The molecule has 0 spiro atoms. The lowest BCUT2D eigenvalue weighted by Gasteiger charge is -2.34. The van der Waals surface area contributed by atoms with Crippen molar-refractivity contribution < 1.29 is 18.8 Å². The zero-order valence-corrected chi connectivity index (χ0v) is 11.4. The van der Waals surface area contributed by atoms with Gasteiger partial charge in [0.15, 0.2) is 5.84 Å². The quantitative estimate of drug-likeness (QED) is 0.347. The number of halogens is 2. The van der Waals surface area contributed by atoms with Gasteiger partial charge in [0.25, 0.3) is 0 Å². The molecule has 1 fully saturated rings. The topological polar surface area (TPSA) is 87.7 Å². The number of nitrogens with zero attached hydrogens (tertiary/aromatic N) is 1. The van der Waals surface area contributed by atoms with Crippen LogP contribution in [-0.4, -0.2) is 17.0 Å². The average molecular weight is 297 g/mol. The minimum Gasteiger partial charge on any atom is -0.409 e. The SMILES string of the molecule is NC(=NO)C1(C(=O)Nc2cc(F)cc(F)c2)CCCCC1. The largest absolute Gasteiger partial charge is 0.409 e. The molecular weight excluding hydrogens is 280 g/mol. The monoisotopic (exact) mass is 297 g/mol. The molecule has 1 aromatic carbocycles. The van der Waals surface area contributed by atoms with Gasteiger partial charge in [-0.15, -0.1) is 0 Å². The van der Waals surface area contributed by atoms with Crippen molar-refractivity contribution in [1.29, 1.82) is 0 Å². The number of amides is 1. The maximum absolute atomic E-state index is 13.2. The number of carbonyl (C=O) groups is 1. The van der Waals surface area contributed by atoms with E-state index in [-0.39, 0.29) is 11.5 Å². The number of hydrogen-bond donors (Lipinski definition) is 3. The molecule has 21 heavy (non-hydrogen) atoms. The maximum Gasteiger partial charge on any atom is 0.238 e. The Labute approximate surface area is 120 Å². The zero-order chi connectivity index (χ0) is 15.5. The van der Waals surface area contributed by atoms with Crippen LogP contribution in [0.5, 0.6) is 0 Å². The van der Waals surface area contributed by atoms with E-state index in [2.05, 4.69) is 10.5 Å². The molecule has 0 radical (unpaired) electrons. The minimum atomic E-state index is -1.13. The predicted molar refractivity (Wildman–Crippen MR) is 73.9 cm³/mol. The maximum atomic E-state index is 13.2. The molecule has 0 heterocycles. The third kappa shape index (κ3) is 3.12. The summed E-state index contributed by atoms with van der Waals surface area (Å²) in [5.74, 6) is -2.25. The molecule has 4 N–H and O–H groups in total. The number of nitrogens with one attached hydrogen (secondary N) is 1. The Kier molecular flexibility index (Phi) is 4.40. The summed E-state index contributed by atoms with van der Waals surface area (Å²) >= 11 is 0. The van der Waals surface area contributed by atoms with Crippen molar-refractivity contribution in [3.05, 3.63) is 29.8 Å². The van der Waals surface area contributed by atoms with E-state index in [1.54, 1.807) is 0 Å².